The first kappa shape index (κ1) is 22.0. The Morgan fingerprint density at radius 3 is 2.39 bits per heavy atom. The van der Waals surface area contributed by atoms with E-state index < -0.39 is 62.9 Å². The summed E-state index contributed by atoms with van der Waals surface area (Å²) in [5.41, 5.74) is -1.30. The molecule has 152 valence electrons. The topological polar surface area (TPSA) is 55.8 Å². The van der Waals surface area contributed by atoms with Crippen molar-refractivity contribution in [2.45, 2.75) is 11.8 Å². The van der Waals surface area contributed by atoms with E-state index in [2.05, 4.69) is 0 Å². The van der Waals surface area contributed by atoms with Gasteiger partial charge < -0.3 is 9.47 Å². The molecule has 0 N–H and O–H groups in total. The van der Waals surface area contributed by atoms with Crippen LogP contribution in [-0.2, 0) is 20.5 Å². The van der Waals surface area contributed by atoms with E-state index >= 15 is 0 Å². The largest absolute Gasteiger partial charge is 0.382 e. The lowest BCUT2D eigenvalue weighted by molar-refractivity contribution is 0.0757. The molecule has 28 heavy (non-hydrogen) atoms. The minimum absolute atomic E-state index is 0.0260. The number of ketones is 1. The van der Waals surface area contributed by atoms with Crippen LogP contribution in [0, 0.1) is 23.3 Å². The highest BCUT2D eigenvalue weighted by molar-refractivity contribution is 7.86. The molecule has 2 aromatic rings. The molecule has 0 saturated heterocycles. The van der Waals surface area contributed by atoms with E-state index in [0.717, 1.165) is 35.5 Å². The van der Waals surface area contributed by atoms with Gasteiger partial charge in [0.05, 0.1) is 29.4 Å². The van der Waals surface area contributed by atoms with Gasteiger partial charge in [-0.15, -0.1) is 0 Å². The lowest BCUT2D eigenvalue weighted by Crippen LogP contribution is -2.31. The molecule has 1 unspecified atom stereocenters. The Bertz CT molecular complexity index is 894. The second kappa shape index (κ2) is 9.76. The average Bonchev–Trinajstić information content (AvgIpc) is 2.64. The Balaban J connectivity index is 2.51. The third-order valence-electron chi connectivity index (χ3n) is 3.61. The summed E-state index contributed by atoms with van der Waals surface area (Å²) in [6.07, 6.45) is 0. The van der Waals surface area contributed by atoms with Crippen molar-refractivity contribution < 1.29 is 36.0 Å². The van der Waals surface area contributed by atoms with Crippen molar-refractivity contribution >= 4 is 22.5 Å². The highest BCUT2D eigenvalue weighted by atomic mass is 32.2. The summed E-state index contributed by atoms with van der Waals surface area (Å²) in [4.78, 5) is 11.0. The van der Waals surface area contributed by atoms with E-state index in [9.17, 15) is 26.6 Å². The lowest BCUT2D eigenvalue weighted by atomic mass is 10.1. The molecule has 0 aliphatic carbocycles. The minimum atomic E-state index is -2.46. The molecule has 0 fully saturated rings. The Morgan fingerprint density at radius 1 is 1.07 bits per heavy atom. The monoisotopic (exact) mass is 419 g/mol. The molecule has 0 aliphatic rings. The molecular weight excluding hydrogens is 402 g/mol. The predicted molar refractivity (Wildman–Crippen MR) is 94.3 cm³/mol. The summed E-state index contributed by atoms with van der Waals surface area (Å²) < 4.78 is 79.8. The first-order chi connectivity index (χ1) is 13.3. The standard InChI is InChI=1S/C18H17F4NO4S/c1-11(24)17-14(21)5-6-15(18(17)22)23(10-27-8-7-26-2)28(25)16-9-12(19)3-4-13(16)20/h3-6,9H,7-8,10H2,1-2H3. The van der Waals surface area contributed by atoms with Crippen molar-refractivity contribution in [2.24, 2.45) is 0 Å². The van der Waals surface area contributed by atoms with Crippen molar-refractivity contribution in [2.75, 3.05) is 31.4 Å². The quantitative estimate of drug-likeness (QED) is 0.270. The smallest absolute Gasteiger partial charge is 0.165 e. The molecular formula is C18H17F4NO4S. The van der Waals surface area contributed by atoms with Crippen LogP contribution in [0.15, 0.2) is 35.2 Å². The van der Waals surface area contributed by atoms with Gasteiger partial charge in [-0.25, -0.2) is 21.8 Å². The zero-order valence-electron chi connectivity index (χ0n) is 15.0. The van der Waals surface area contributed by atoms with Crippen molar-refractivity contribution in [3.63, 3.8) is 0 Å². The van der Waals surface area contributed by atoms with Gasteiger partial charge in [0.15, 0.2) is 22.6 Å². The van der Waals surface area contributed by atoms with Crippen LogP contribution in [0.1, 0.15) is 17.3 Å². The van der Waals surface area contributed by atoms with Crippen LogP contribution >= 0.6 is 0 Å². The van der Waals surface area contributed by atoms with Crippen LogP contribution in [0.3, 0.4) is 0 Å². The van der Waals surface area contributed by atoms with Gasteiger partial charge in [-0.2, -0.15) is 0 Å². The highest BCUT2D eigenvalue weighted by Gasteiger charge is 2.26. The van der Waals surface area contributed by atoms with Crippen molar-refractivity contribution in [3.8, 4) is 0 Å². The molecule has 5 nitrogen and oxygen atoms in total. The van der Waals surface area contributed by atoms with Gasteiger partial charge in [-0.1, -0.05) is 0 Å². The van der Waals surface area contributed by atoms with E-state index in [1.165, 1.54) is 7.11 Å². The summed E-state index contributed by atoms with van der Waals surface area (Å²) in [5.74, 6) is -5.12. The third kappa shape index (κ3) is 4.94. The van der Waals surface area contributed by atoms with E-state index in [1.54, 1.807) is 0 Å². The molecule has 0 amide bonds. The maximum absolute atomic E-state index is 14.8. The van der Waals surface area contributed by atoms with E-state index in [0.29, 0.717) is 6.07 Å². The number of Topliss-reactive ketones (excluding diaryl/α,β-unsaturated/α-hetero) is 1. The average molecular weight is 419 g/mol. The third-order valence-corrected chi connectivity index (χ3v) is 5.00. The van der Waals surface area contributed by atoms with Crippen LogP contribution in [0.25, 0.3) is 0 Å². The fraction of sp³-hybridized carbons (Fsp3) is 0.278. The van der Waals surface area contributed by atoms with E-state index in [4.69, 9.17) is 9.47 Å². The van der Waals surface area contributed by atoms with Crippen LogP contribution in [0.5, 0.6) is 0 Å². The fourth-order valence-corrected chi connectivity index (χ4v) is 3.46. The highest BCUT2D eigenvalue weighted by Crippen LogP contribution is 2.29. The first-order valence-corrected chi connectivity index (χ1v) is 9.08. The van der Waals surface area contributed by atoms with Crippen molar-refractivity contribution in [1.29, 1.82) is 0 Å². The lowest BCUT2D eigenvalue weighted by Gasteiger charge is -2.24. The van der Waals surface area contributed by atoms with Gasteiger partial charge in [0, 0.05) is 7.11 Å². The summed E-state index contributed by atoms with van der Waals surface area (Å²) in [6, 6.07) is 4.06. The Labute approximate surface area is 161 Å². The molecule has 2 rings (SSSR count). The fourth-order valence-electron chi connectivity index (χ4n) is 2.28. The molecule has 0 radical (unpaired) electrons. The number of hydrogen-bond acceptors (Lipinski definition) is 4. The Kier molecular flexibility index (Phi) is 7.67. The molecule has 0 aliphatic heterocycles. The maximum Gasteiger partial charge on any atom is 0.165 e. The number of nitrogens with zero attached hydrogens (tertiary/aromatic N) is 1. The van der Waals surface area contributed by atoms with Crippen molar-refractivity contribution in [3.05, 3.63) is 59.2 Å². The van der Waals surface area contributed by atoms with Crippen LogP contribution in [0.4, 0.5) is 23.2 Å². The number of anilines is 1. The predicted octanol–water partition coefficient (Wildman–Crippen LogP) is 3.60. The summed E-state index contributed by atoms with van der Waals surface area (Å²) >= 11 is 0. The summed E-state index contributed by atoms with van der Waals surface area (Å²) in [5, 5.41) is 0. The zero-order chi connectivity index (χ0) is 20.8. The number of carbonyl (C=O) groups excluding carboxylic acids is 1. The van der Waals surface area contributed by atoms with Gasteiger partial charge in [0.25, 0.3) is 0 Å². The van der Waals surface area contributed by atoms with Gasteiger partial charge in [0.1, 0.15) is 24.2 Å². The molecule has 0 saturated carbocycles. The molecule has 2 aromatic carbocycles. The van der Waals surface area contributed by atoms with Crippen LogP contribution in [0.2, 0.25) is 0 Å². The van der Waals surface area contributed by atoms with Crippen molar-refractivity contribution in [1.82, 2.24) is 0 Å². The molecule has 0 bridgehead atoms. The summed E-state index contributed by atoms with van der Waals surface area (Å²) in [6.45, 7) is 0.636. The molecule has 0 heterocycles. The second-order valence-electron chi connectivity index (χ2n) is 5.54. The molecule has 10 heteroatoms. The SMILES string of the molecule is COCCOCN(c1ccc(F)c(C(C)=O)c1F)S(=O)c1cc(F)ccc1F. The second-order valence-corrected chi connectivity index (χ2v) is 6.92. The maximum atomic E-state index is 14.8. The number of carbonyl (C=O) groups is 1. The van der Waals surface area contributed by atoms with Gasteiger partial charge in [-0.3, -0.25) is 9.10 Å². The number of methoxy groups -OCH3 is 1. The van der Waals surface area contributed by atoms with E-state index in [-0.39, 0.29) is 13.2 Å². The number of halogens is 4. The summed E-state index contributed by atoms with van der Waals surface area (Å²) in [7, 11) is -1.04. The van der Waals surface area contributed by atoms with Gasteiger partial charge in [0.2, 0.25) is 0 Å². The number of benzene rings is 2. The first-order valence-electron chi connectivity index (χ1n) is 7.98. The van der Waals surface area contributed by atoms with Crippen LogP contribution in [-0.4, -0.2) is 37.0 Å². The molecule has 0 aromatic heterocycles. The normalized spacial score (nSPS) is 12.1. The van der Waals surface area contributed by atoms with Gasteiger partial charge >= 0.3 is 0 Å². The Morgan fingerprint density at radius 2 is 1.75 bits per heavy atom. The zero-order valence-corrected chi connectivity index (χ0v) is 15.8. The van der Waals surface area contributed by atoms with Gasteiger partial charge in [-0.05, 0) is 37.3 Å². The number of hydrogen-bond donors (Lipinski definition) is 0. The van der Waals surface area contributed by atoms with Crippen LogP contribution < -0.4 is 4.31 Å². The Hall–Kier alpha value is -2.30. The molecule has 1 atom stereocenters. The molecule has 0 spiro atoms. The number of rotatable bonds is 9. The van der Waals surface area contributed by atoms with E-state index in [1.807, 2.05) is 0 Å². The minimum Gasteiger partial charge on any atom is -0.382 e. The number of ether oxygens (including phenoxy) is 2.